The molecule has 4 N–H and O–H groups in total. The molecule has 1 amide bonds. The van der Waals surface area contributed by atoms with Crippen molar-refractivity contribution in [3.63, 3.8) is 0 Å². The van der Waals surface area contributed by atoms with Crippen LogP contribution < -0.4 is 10.2 Å². The summed E-state index contributed by atoms with van der Waals surface area (Å²) in [6.45, 7) is 1.74. The van der Waals surface area contributed by atoms with Crippen LogP contribution in [-0.2, 0) is 9.53 Å². The summed E-state index contributed by atoms with van der Waals surface area (Å²) >= 11 is 1.48. The SMILES string of the molecule is C[C@H]1C(CCCO)O[C@H](CNC(=O)/C(C#N)=C/c2ccc(-c3ccc4cc(N(C)C)ccc4c3)s2)[C@@H](O)[C@@H]1O. The van der Waals surface area contributed by atoms with E-state index in [9.17, 15) is 20.3 Å². The van der Waals surface area contributed by atoms with Crippen molar-refractivity contribution in [1.82, 2.24) is 5.32 Å². The average Bonchev–Trinajstić information content (AvgIpc) is 3.41. The minimum Gasteiger partial charge on any atom is -0.396 e. The van der Waals surface area contributed by atoms with Crippen LogP contribution in [-0.4, -0.2) is 72.9 Å². The summed E-state index contributed by atoms with van der Waals surface area (Å²) in [6.07, 6.45) is -0.756. The lowest BCUT2D eigenvalue weighted by molar-refractivity contribution is -0.196. The van der Waals surface area contributed by atoms with Crippen LogP contribution in [0.25, 0.3) is 27.3 Å². The number of ether oxygens (including phenoxy) is 1. The largest absolute Gasteiger partial charge is 0.396 e. The highest BCUT2D eigenvalue weighted by Gasteiger charge is 2.41. The third-order valence-electron chi connectivity index (χ3n) is 7.22. The molecule has 0 bridgehead atoms. The summed E-state index contributed by atoms with van der Waals surface area (Å²) in [6, 6.07) is 18.4. The molecule has 1 saturated heterocycles. The van der Waals surface area contributed by atoms with Gasteiger partial charge in [0.05, 0.1) is 12.2 Å². The van der Waals surface area contributed by atoms with Crippen LogP contribution in [0.3, 0.4) is 0 Å². The number of hydrogen-bond donors (Lipinski definition) is 4. The molecule has 4 rings (SSSR count). The third-order valence-corrected chi connectivity index (χ3v) is 8.30. The molecule has 1 aliphatic rings. The quantitative estimate of drug-likeness (QED) is 0.238. The summed E-state index contributed by atoms with van der Waals surface area (Å²) in [5.41, 5.74) is 2.13. The molecule has 1 aromatic heterocycles. The van der Waals surface area contributed by atoms with Crippen molar-refractivity contribution in [3.8, 4) is 16.5 Å². The fourth-order valence-electron chi connectivity index (χ4n) is 4.80. The second-order valence-corrected chi connectivity index (χ2v) is 11.3. The van der Waals surface area contributed by atoms with Gasteiger partial charge in [-0.05, 0) is 65.6 Å². The topological polar surface area (TPSA) is 126 Å². The molecule has 0 spiro atoms. The molecular weight excluding hydrogens is 514 g/mol. The lowest BCUT2D eigenvalue weighted by Gasteiger charge is -2.42. The molecule has 0 aliphatic carbocycles. The average molecular weight is 550 g/mol. The van der Waals surface area contributed by atoms with Gasteiger partial charge in [0.1, 0.15) is 23.9 Å². The molecule has 0 radical (unpaired) electrons. The van der Waals surface area contributed by atoms with E-state index in [4.69, 9.17) is 9.84 Å². The van der Waals surface area contributed by atoms with Gasteiger partial charge in [-0.3, -0.25) is 4.79 Å². The number of anilines is 1. The number of carbonyl (C=O) groups excluding carboxylic acids is 1. The first-order valence-corrected chi connectivity index (χ1v) is 13.9. The predicted molar refractivity (Wildman–Crippen MR) is 154 cm³/mol. The van der Waals surface area contributed by atoms with Crippen LogP contribution in [0.1, 0.15) is 24.6 Å². The van der Waals surface area contributed by atoms with Crippen molar-refractivity contribution in [2.75, 3.05) is 32.1 Å². The number of carbonyl (C=O) groups is 1. The second-order valence-electron chi connectivity index (χ2n) is 10.1. The molecule has 8 nitrogen and oxygen atoms in total. The number of amides is 1. The lowest BCUT2D eigenvalue weighted by Crippen LogP contribution is -2.56. The maximum absolute atomic E-state index is 12.8. The monoisotopic (exact) mass is 549 g/mol. The highest BCUT2D eigenvalue weighted by atomic mass is 32.1. The van der Waals surface area contributed by atoms with E-state index in [1.54, 1.807) is 13.0 Å². The first-order chi connectivity index (χ1) is 18.7. The first kappa shape index (κ1) is 28.7. The van der Waals surface area contributed by atoms with E-state index >= 15 is 0 Å². The van der Waals surface area contributed by atoms with E-state index < -0.39 is 24.2 Å². The van der Waals surface area contributed by atoms with Crippen LogP contribution in [0.5, 0.6) is 0 Å². The number of nitriles is 1. The third kappa shape index (κ3) is 6.67. The molecular formula is C30H35N3O5S. The van der Waals surface area contributed by atoms with Crippen LogP contribution in [0.4, 0.5) is 5.69 Å². The van der Waals surface area contributed by atoms with E-state index in [0.29, 0.717) is 12.8 Å². The van der Waals surface area contributed by atoms with Crippen molar-refractivity contribution < 1.29 is 24.9 Å². The van der Waals surface area contributed by atoms with Gasteiger partial charge >= 0.3 is 0 Å². The summed E-state index contributed by atoms with van der Waals surface area (Å²) < 4.78 is 5.93. The van der Waals surface area contributed by atoms with Gasteiger partial charge in [-0.15, -0.1) is 11.3 Å². The zero-order valence-electron chi connectivity index (χ0n) is 22.4. The summed E-state index contributed by atoms with van der Waals surface area (Å²) in [4.78, 5) is 16.6. The van der Waals surface area contributed by atoms with Crippen LogP contribution >= 0.6 is 11.3 Å². The predicted octanol–water partition coefficient (Wildman–Crippen LogP) is 3.56. The first-order valence-electron chi connectivity index (χ1n) is 13.1. The smallest absolute Gasteiger partial charge is 0.262 e. The Morgan fingerprint density at radius 2 is 1.85 bits per heavy atom. The van der Waals surface area contributed by atoms with E-state index in [1.807, 2.05) is 32.3 Å². The Bertz CT molecular complexity index is 1380. The fourth-order valence-corrected chi connectivity index (χ4v) is 5.75. The van der Waals surface area contributed by atoms with E-state index in [-0.39, 0.29) is 30.7 Å². The standard InChI is InChI=1S/C30H35N3O5S/c1-18-25(5-4-12-34)38-26(29(36)28(18)35)17-32-30(37)22(16-31)15-24-10-11-27(39-24)21-7-6-20-14-23(33(2)3)9-8-19(20)13-21/h6-11,13-15,18,25-26,28-29,34-36H,4-5,12,17H2,1-3H3,(H,32,37)/b22-15+/t18-,25?,26+,28+,29+/m0/s1. The number of benzene rings is 2. The number of nitrogens with one attached hydrogen (secondary N) is 1. The van der Waals surface area contributed by atoms with E-state index in [1.165, 1.54) is 11.3 Å². The Kier molecular flexibility index (Phi) is 9.38. The number of aliphatic hydroxyl groups is 3. The van der Waals surface area contributed by atoms with Gasteiger partial charge in [0, 0.05) is 48.6 Å². The van der Waals surface area contributed by atoms with Crippen LogP contribution in [0.15, 0.2) is 54.1 Å². The Balaban J connectivity index is 1.43. The minimum atomic E-state index is -1.17. The molecule has 0 saturated carbocycles. The Labute approximate surface area is 232 Å². The summed E-state index contributed by atoms with van der Waals surface area (Å²) in [5.74, 6) is -0.884. The van der Waals surface area contributed by atoms with Gasteiger partial charge in [-0.2, -0.15) is 5.26 Å². The second kappa shape index (κ2) is 12.7. The number of thiophene rings is 1. The summed E-state index contributed by atoms with van der Waals surface area (Å²) in [7, 11) is 4.03. The highest BCUT2D eigenvalue weighted by Crippen LogP contribution is 2.33. The Hall–Kier alpha value is -3.26. The number of fused-ring (bicyclic) bond motifs is 1. The number of nitrogens with zero attached hydrogens (tertiary/aromatic N) is 2. The van der Waals surface area contributed by atoms with Crippen LogP contribution in [0.2, 0.25) is 0 Å². The molecule has 39 heavy (non-hydrogen) atoms. The molecule has 206 valence electrons. The van der Waals surface area contributed by atoms with Gasteiger partial charge < -0.3 is 30.3 Å². The van der Waals surface area contributed by atoms with Gasteiger partial charge in [-0.25, -0.2) is 0 Å². The normalized spacial score (nSPS) is 23.4. The van der Waals surface area contributed by atoms with Gasteiger partial charge in [0.2, 0.25) is 0 Å². The van der Waals surface area contributed by atoms with Crippen molar-refractivity contribution in [3.05, 3.63) is 59.0 Å². The fraction of sp³-hybridized carbons (Fsp3) is 0.400. The van der Waals surface area contributed by atoms with E-state index in [0.717, 1.165) is 31.8 Å². The lowest BCUT2D eigenvalue weighted by atomic mass is 9.86. The zero-order valence-corrected chi connectivity index (χ0v) is 23.2. The van der Waals surface area contributed by atoms with Gasteiger partial charge in [0.15, 0.2) is 0 Å². The Morgan fingerprint density at radius 1 is 1.10 bits per heavy atom. The molecule has 2 heterocycles. The zero-order chi connectivity index (χ0) is 28.1. The number of rotatable bonds is 9. The maximum Gasteiger partial charge on any atom is 0.262 e. The summed E-state index contributed by atoms with van der Waals surface area (Å²) in [5, 5.41) is 44.6. The maximum atomic E-state index is 12.8. The number of hydrogen-bond acceptors (Lipinski definition) is 8. The van der Waals surface area contributed by atoms with Gasteiger partial charge in [-0.1, -0.05) is 25.1 Å². The molecule has 2 aromatic carbocycles. The van der Waals surface area contributed by atoms with E-state index in [2.05, 4.69) is 46.6 Å². The van der Waals surface area contributed by atoms with Gasteiger partial charge in [0.25, 0.3) is 5.91 Å². The van der Waals surface area contributed by atoms with Crippen molar-refractivity contribution in [2.45, 2.75) is 44.2 Å². The molecule has 3 aromatic rings. The minimum absolute atomic E-state index is 0.00582. The van der Waals surface area contributed by atoms with Crippen LogP contribution in [0, 0.1) is 17.2 Å². The van der Waals surface area contributed by atoms with Crippen molar-refractivity contribution in [2.24, 2.45) is 5.92 Å². The molecule has 5 atom stereocenters. The highest BCUT2D eigenvalue weighted by molar-refractivity contribution is 7.16. The Morgan fingerprint density at radius 3 is 2.56 bits per heavy atom. The molecule has 1 fully saturated rings. The van der Waals surface area contributed by atoms with Crippen molar-refractivity contribution >= 4 is 39.8 Å². The van der Waals surface area contributed by atoms with Crippen molar-refractivity contribution in [1.29, 1.82) is 5.26 Å². The molecule has 1 aliphatic heterocycles. The number of aliphatic hydroxyl groups excluding tert-OH is 3. The molecule has 1 unspecified atom stereocenters. The molecule has 9 heteroatoms.